The normalized spacial score (nSPS) is 24.2. The standard InChI is InChI=1S/C15H27N3O2/c1-3-16-11-13-6-9-17(10-7-13)15(20)14-5-4-8-18(14)12(2)19/h13-14,16H,3-11H2,1-2H3. The van der Waals surface area contributed by atoms with Gasteiger partial charge in [-0.3, -0.25) is 9.59 Å². The van der Waals surface area contributed by atoms with E-state index in [4.69, 9.17) is 0 Å². The number of nitrogens with zero attached hydrogens (tertiary/aromatic N) is 2. The molecule has 0 aromatic rings. The Balaban J connectivity index is 1.84. The van der Waals surface area contributed by atoms with Crippen molar-refractivity contribution < 1.29 is 9.59 Å². The molecule has 0 spiro atoms. The zero-order valence-electron chi connectivity index (χ0n) is 12.7. The van der Waals surface area contributed by atoms with Crippen LogP contribution in [0, 0.1) is 5.92 Å². The van der Waals surface area contributed by atoms with E-state index in [1.807, 2.05) is 4.90 Å². The van der Waals surface area contributed by atoms with Crippen LogP contribution >= 0.6 is 0 Å². The maximum Gasteiger partial charge on any atom is 0.245 e. The van der Waals surface area contributed by atoms with Gasteiger partial charge in [-0.25, -0.2) is 0 Å². The van der Waals surface area contributed by atoms with E-state index in [-0.39, 0.29) is 17.9 Å². The van der Waals surface area contributed by atoms with Crippen LogP contribution in [0.4, 0.5) is 0 Å². The van der Waals surface area contributed by atoms with Crippen molar-refractivity contribution in [2.45, 2.75) is 45.6 Å². The first-order valence-electron chi connectivity index (χ1n) is 7.90. The number of carbonyl (C=O) groups is 2. The average molecular weight is 281 g/mol. The third-order valence-electron chi connectivity index (χ3n) is 4.55. The van der Waals surface area contributed by atoms with Gasteiger partial charge in [-0.15, -0.1) is 0 Å². The Kier molecular flexibility index (Phi) is 5.40. The number of rotatable bonds is 4. The molecule has 0 radical (unpaired) electrons. The van der Waals surface area contributed by atoms with Crippen LogP contribution in [0.2, 0.25) is 0 Å². The second-order valence-corrected chi connectivity index (χ2v) is 5.95. The Bertz CT molecular complexity index is 351. The van der Waals surface area contributed by atoms with E-state index >= 15 is 0 Å². The zero-order valence-corrected chi connectivity index (χ0v) is 12.7. The van der Waals surface area contributed by atoms with Crippen LogP contribution in [0.25, 0.3) is 0 Å². The smallest absolute Gasteiger partial charge is 0.245 e. The summed E-state index contributed by atoms with van der Waals surface area (Å²) in [5.41, 5.74) is 0. The summed E-state index contributed by atoms with van der Waals surface area (Å²) in [6, 6.07) is -0.196. The molecule has 1 N–H and O–H groups in total. The number of hydrogen-bond donors (Lipinski definition) is 1. The minimum Gasteiger partial charge on any atom is -0.341 e. The van der Waals surface area contributed by atoms with Crippen LogP contribution in [0.15, 0.2) is 0 Å². The maximum absolute atomic E-state index is 12.6. The molecule has 2 saturated heterocycles. The summed E-state index contributed by atoms with van der Waals surface area (Å²) in [7, 11) is 0. The predicted octanol–water partition coefficient (Wildman–Crippen LogP) is 0.845. The molecule has 0 aliphatic carbocycles. The lowest BCUT2D eigenvalue weighted by molar-refractivity contribution is -0.143. The zero-order chi connectivity index (χ0) is 14.5. The topological polar surface area (TPSA) is 52.7 Å². The lowest BCUT2D eigenvalue weighted by Crippen LogP contribution is -2.50. The number of likely N-dealkylation sites (tertiary alicyclic amines) is 2. The second kappa shape index (κ2) is 7.07. The van der Waals surface area contributed by atoms with Gasteiger partial charge in [0.2, 0.25) is 11.8 Å². The van der Waals surface area contributed by atoms with Crippen LogP contribution in [0.5, 0.6) is 0 Å². The van der Waals surface area contributed by atoms with E-state index in [1.54, 1.807) is 11.8 Å². The molecule has 0 saturated carbocycles. The Hall–Kier alpha value is -1.10. The first-order chi connectivity index (χ1) is 9.63. The van der Waals surface area contributed by atoms with Crippen molar-refractivity contribution in [1.29, 1.82) is 0 Å². The molecule has 2 aliphatic heterocycles. The number of hydrogen-bond acceptors (Lipinski definition) is 3. The summed E-state index contributed by atoms with van der Waals surface area (Å²) >= 11 is 0. The summed E-state index contributed by atoms with van der Waals surface area (Å²) < 4.78 is 0. The van der Waals surface area contributed by atoms with Crippen LogP contribution in [0.1, 0.15) is 39.5 Å². The first-order valence-corrected chi connectivity index (χ1v) is 7.90. The molecule has 2 fully saturated rings. The van der Waals surface area contributed by atoms with Gasteiger partial charge in [-0.2, -0.15) is 0 Å². The van der Waals surface area contributed by atoms with Crippen LogP contribution in [-0.4, -0.2) is 60.4 Å². The van der Waals surface area contributed by atoms with Gasteiger partial charge in [0, 0.05) is 26.6 Å². The highest BCUT2D eigenvalue weighted by molar-refractivity contribution is 5.87. The third kappa shape index (κ3) is 3.51. The average Bonchev–Trinajstić information content (AvgIpc) is 2.94. The number of carbonyl (C=O) groups excluding carboxylic acids is 2. The molecule has 20 heavy (non-hydrogen) atoms. The number of piperidine rings is 1. The molecule has 2 amide bonds. The van der Waals surface area contributed by atoms with Crippen LogP contribution in [-0.2, 0) is 9.59 Å². The van der Waals surface area contributed by atoms with Crippen molar-refractivity contribution in [3.8, 4) is 0 Å². The van der Waals surface area contributed by atoms with E-state index in [2.05, 4.69) is 12.2 Å². The lowest BCUT2D eigenvalue weighted by Gasteiger charge is -2.35. The highest BCUT2D eigenvalue weighted by atomic mass is 16.2. The summed E-state index contributed by atoms with van der Waals surface area (Å²) in [4.78, 5) is 27.8. The molecule has 0 aromatic carbocycles. The van der Waals surface area contributed by atoms with Gasteiger partial charge in [0.15, 0.2) is 0 Å². The lowest BCUT2D eigenvalue weighted by atomic mass is 9.96. The van der Waals surface area contributed by atoms with Gasteiger partial charge < -0.3 is 15.1 Å². The van der Waals surface area contributed by atoms with E-state index in [9.17, 15) is 9.59 Å². The SMILES string of the molecule is CCNCC1CCN(C(=O)C2CCCN2C(C)=O)CC1. The molecule has 5 nitrogen and oxygen atoms in total. The molecule has 0 bridgehead atoms. The van der Waals surface area contributed by atoms with Crippen molar-refractivity contribution in [1.82, 2.24) is 15.1 Å². The fraction of sp³-hybridized carbons (Fsp3) is 0.867. The molecule has 5 heteroatoms. The molecule has 1 unspecified atom stereocenters. The Morgan fingerprint density at radius 3 is 2.45 bits per heavy atom. The molecule has 1 atom stereocenters. The van der Waals surface area contributed by atoms with E-state index < -0.39 is 0 Å². The Labute approximate surface area is 121 Å². The van der Waals surface area contributed by atoms with Gasteiger partial charge in [0.05, 0.1) is 0 Å². The number of nitrogens with one attached hydrogen (secondary N) is 1. The molecule has 114 valence electrons. The summed E-state index contributed by atoms with van der Waals surface area (Å²) in [5, 5.41) is 3.38. The largest absolute Gasteiger partial charge is 0.341 e. The predicted molar refractivity (Wildman–Crippen MR) is 78.3 cm³/mol. The molecular weight excluding hydrogens is 254 g/mol. The van der Waals surface area contributed by atoms with Crippen molar-refractivity contribution in [3.05, 3.63) is 0 Å². The highest BCUT2D eigenvalue weighted by Gasteiger charge is 2.36. The Morgan fingerprint density at radius 1 is 1.15 bits per heavy atom. The van der Waals surface area contributed by atoms with Gasteiger partial charge in [0.1, 0.15) is 6.04 Å². The summed E-state index contributed by atoms with van der Waals surface area (Å²) in [5.74, 6) is 0.883. The molecular formula is C15H27N3O2. The summed E-state index contributed by atoms with van der Waals surface area (Å²) in [6.45, 7) is 8.18. The monoisotopic (exact) mass is 281 g/mol. The summed E-state index contributed by atoms with van der Waals surface area (Å²) in [6.07, 6.45) is 3.93. The number of amides is 2. The minimum atomic E-state index is -0.196. The molecule has 2 heterocycles. The fourth-order valence-corrected chi connectivity index (χ4v) is 3.32. The van der Waals surface area contributed by atoms with Crippen LogP contribution in [0.3, 0.4) is 0 Å². The van der Waals surface area contributed by atoms with Gasteiger partial charge in [0.25, 0.3) is 0 Å². The van der Waals surface area contributed by atoms with E-state index in [0.717, 1.165) is 58.4 Å². The highest BCUT2D eigenvalue weighted by Crippen LogP contribution is 2.23. The maximum atomic E-state index is 12.6. The first kappa shape index (κ1) is 15.3. The molecule has 2 aliphatic rings. The van der Waals surface area contributed by atoms with Gasteiger partial charge >= 0.3 is 0 Å². The molecule has 2 rings (SSSR count). The quantitative estimate of drug-likeness (QED) is 0.831. The van der Waals surface area contributed by atoms with Crippen molar-refractivity contribution in [3.63, 3.8) is 0 Å². The van der Waals surface area contributed by atoms with E-state index in [0.29, 0.717) is 5.92 Å². The van der Waals surface area contributed by atoms with Crippen molar-refractivity contribution >= 4 is 11.8 Å². The van der Waals surface area contributed by atoms with Gasteiger partial charge in [-0.05, 0) is 44.7 Å². The van der Waals surface area contributed by atoms with Gasteiger partial charge in [-0.1, -0.05) is 6.92 Å². The van der Waals surface area contributed by atoms with E-state index in [1.165, 1.54) is 0 Å². The van der Waals surface area contributed by atoms with Crippen molar-refractivity contribution in [2.75, 3.05) is 32.7 Å². The third-order valence-corrected chi connectivity index (χ3v) is 4.55. The minimum absolute atomic E-state index is 0.0304. The van der Waals surface area contributed by atoms with Crippen LogP contribution < -0.4 is 5.32 Å². The molecule has 0 aromatic heterocycles. The fourth-order valence-electron chi connectivity index (χ4n) is 3.32. The second-order valence-electron chi connectivity index (χ2n) is 5.95. The van der Waals surface area contributed by atoms with Crippen molar-refractivity contribution in [2.24, 2.45) is 5.92 Å². The Morgan fingerprint density at radius 2 is 1.85 bits per heavy atom.